The second kappa shape index (κ2) is 77.8. The molecule has 104 heavy (non-hydrogen) atoms. The lowest BCUT2D eigenvalue weighted by molar-refractivity contribution is -0.161. The van der Waals surface area contributed by atoms with Crippen molar-refractivity contribution in [2.45, 2.75) is 477 Å². The van der Waals surface area contributed by atoms with E-state index in [9.17, 15) is 43.2 Å². The summed E-state index contributed by atoms with van der Waals surface area (Å²) in [5.74, 6) is -1.37. The Labute approximate surface area is 638 Å². The minimum atomic E-state index is -4.96. The van der Waals surface area contributed by atoms with Gasteiger partial charge in [-0.1, -0.05) is 407 Å². The van der Waals surface area contributed by atoms with Gasteiger partial charge in [-0.3, -0.25) is 37.3 Å². The van der Waals surface area contributed by atoms with Crippen molar-refractivity contribution >= 4 is 39.5 Å². The van der Waals surface area contributed by atoms with Crippen molar-refractivity contribution in [2.75, 3.05) is 39.6 Å². The van der Waals surface area contributed by atoms with Gasteiger partial charge >= 0.3 is 39.5 Å². The maximum absolute atomic E-state index is 13.1. The van der Waals surface area contributed by atoms with E-state index in [1.165, 1.54) is 276 Å². The topological polar surface area (TPSA) is 237 Å². The Balaban J connectivity index is 5.22. The van der Waals surface area contributed by atoms with Crippen LogP contribution in [0.25, 0.3) is 0 Å². The quantitative estimate of drug-likeness (QED) is 0.0222. The fourth-order valence-corrected chi connectivity index (χ4v) is 14.8. The number of hydrogen-bond acceptors (Lipinski definition) is 15. The van der Waals surface area contributed by atoms with E-state index >= 15 is 0 Å². The van der Waals surface area contributed by atoms with Gasteiger partial charge in [0.25, 0.3) is 0 Å². The summed E-state index contributed by atoms with van der Waals surface area (Å²) >= 11 is 0. The Morgan fingerprint density at radius 2 is 0.462 bits per heavy atom. The predicted molar refractivity (Wildman–Crippen MR) is 428 cm³/mol. The third-order valence-electron chi connectivity index (χ3n) is 20.4. The first-order chi connectivity index (χ1) is 50.6. The number of unbranched alkanes of at least 4 members (excludes halogenated alkanes) is 56. The minimum absolute atomic E-state index is 0.108. The average Bonchev–Trinajstić information content (AvgIpc) is 0.916. The molecule has 17 nitrogen and oxygen atoms in total. The highest BCUT2D eigenvalue weighted by atomic mass is 31.2. The number of aliphatic hydroxyl groups excluding tert-OH is 1. The van der Waals surface area contributed by atoms with Crippen LogP contribution in [0.3, 0.4) is 0 Å². The first-order valence-corrected chi connectivity index (χ1v) is 47.2. The highest BCUT2D eigenvalue weighted by Crippen LogP contribution is 2.45. The summed E-state index contributed by atoms with van der Waals surface area (Å²) in [5, 5.41) is 10.7. The van der Waals surface area contributed by atoms with Crippen LogP contribution in [-0.4, -0.2) is 96.7 Å². The van der Waals surface area contributed by atoms with E-state index < -0.39 is 97.5 Å². The number of ether oxygens (including phenoxy) is 4. The molecule has 0 aliphatic heterocycles. The smallest absolute Gasteiger partial charge is 0.462 e. The molecule has 0 aliphatic carbocycles. The first kappa shape index (κ1) is 102. The van der Waals surface area contributed by atoms with Gasteiger partial charge < -0.3 is 33.8 Å². The van der Waals surface area contributed by atoms with Crippen LogP contribution in [0.1, 0.15) is 458 Å². The number of hydrogen-bond donors (Lipinski definition) is 3. The van der Waals surface area contributed by atoms with Crippen LogP contribution in [0.15, 0.2) is 0 Å². The van der Waals surface area contributed by atoms with Crippen LogP contribution in [0.2, 0.25) is 0 Å². The molecule has 3 unspecified atom stereocenters. The molecule has 0 radical (unpaired) electrons. The summed E-state index contributed by atoms with van der Waals surface area (Å²) in [6, 6.07) is 0. The van der Waals surface area contributed by atoms with Crippen LogP contribution >= 0.6 is 15.6 Å². The number of carbonyl (C=O) groups is 4. The van der Waals surface area contributed by atoms with Crippen LogP contribution < -0.4 is 0 Å². The molecule has 0 aromatic rings. The van der Waals surface area contributed by atoms with Crippen molar-refractivity contribution in [3.63, 3.8) is 0 Å². The average molecular weight is 1520 g/mol. The Kier molecular flexibility index (Phi) is 76.3. The van der Waals surface area contributed by atoms with Crippen molar-refractivity contribution < 1.29 is 80.2 Å². The van der Waals surface area contributed by atoms with Gasteiger partial charge in [0.1, 0.15) is 19.3 Å². The molecule has 19 heteroatoms. The van der Waals surface area contributed by atoms with Crippen LogP contribution in [0.4, 0.5) is 0 Å². The van der Waals surface area contributed by atoms with Crippen molar-refractivity contribution in [1.29, 1.82) is 0 Å². The lowest BCUT2D eigenvalue weighted by Gasteiger charge is -2.21. The Bertz CT molecular complexity index is 1980. The second-order valence-corrected chi connectivity index (χ2v) is 33.7. The van der Waals surface area contributed by atoms with Gasteiger partial charge in [0.2, 0.25) is 0 Å². The summed E-state index contributed by atoms with van der Waals surface area (Å²) in [4.78, 5) is 73.2. The zero-order chi connectivity index (χ0) is 76.2. The van der Waals surface area contributed by atoms with Gasteiger partial charge in [0.15, 0.2) is 12.2 Å². The van der Waals surface area contributed by atoms with E-state index in [1.807, 2.05) is 0 Å². The molecule has 0 saturated heterocycles. The summed E-state index contributed by atoms with van der Waals surface area (Å²) in [6.45, 7) is 7.32. The first-order valence-electron chi connectivity index (χ1n) is 44.2. The molecule has 3 N–H and O–H groups in total. The van der Waals surface area contributed by atoms with Gasteiger partial charge in [0, 0.05) is 25.7 Å². The number of rotatable bonds is 85. The lowest BCUT2D eigenvalue weighted by Crippen LogP contribution is -2.30. The lowest BCUT2D eigenvalue weighted by atomic mass is 10.00. The maximum atomic E-state index is 13.1. The number of phosphoric acid groups is 2. The fraction of sp³-hybridized carbons (Fsp3) is 0.953. The molecule has 0 aromatic heterocycles. The van der Waals surface area contributed by atoms with E-state index in [0.717, 1.165) is 102 Å². The fourth-order valence-electron chi connectivity index (χ4n) is 13.3. The van der Waals surface area contributed by atoms with Crippen molar-refractivity contribution in [3.8, 4) is 0 Å². The zero-order valence-corrected chi connectivity index (χ0v) is 70.0. The molecule has 0 fully saturated rings. The third kappa shape index (κ3) is 76.8. The molecule has 0 saturated carbocycles. The molecule has 0 heterocycles. The molecule has 6 atom stereocenters. The molecule has 0 amide bonds. The standard InChI is InChI=1S/C85H166O17P2/c1-6-10-13-16-19-22-25-28-31-33-35-36-37-39-42-45-48-51-54-61-66-70-84(89)101-80(74-95-82(87)68-63-58-52-49-46-43-41-38-34-32-29-26-23-20-17-14-11-7-2)76-99-103(91,92)97-72-79(86)73-98-104(93,94)100-77-81(75-96-83(88)69-64-59-56-55-57-62-67-78(5)9-4)102-85(90)71-65-60-53-50-47-44-40-30-27-24-21-18-15-12-8-3/h78-81,86H,6-77H2,1-5H3,(H,91,92)(H,93,94)/t78?,79-,80-,81-/m1/s1. The summed E-state index contributed by atoms with van der Waals surface area (Å²) < 4.78 is 68.9. The molecule has 0 rings (SSSR count). The van der Waals surface area contributed by atoms with Crippen molar-refractivity contribution in [3.05, 3.63) is 0 Å². The maximum Gasteiger partial charge on any atom is 0.472 e. The Hall–Kier alpha value is -1.94. The number of phosphoric ester groups is 2. The number of aliphatic hydroxyl groups is 1. The zero-order valence-electron chi connectivity index (χ0n) is 68.2. The SMILES string of the molecule is CCCCCCCCCCCCCCCCCCCCCCCC(=O)O[C@H](COC(=O)CCCCCCCCCCCCCCCCCCCC)COP(=O)(O)OC[C@@H](O)COP(=O)(O)OC[C@@H](COC(=O)CCCCCCCCC(C)CC)OC(=O)CCCCCCCCCCCCCCCCC. The van der Waals surface area contributed by atoms with Gasteiger partial charge in [-0.15, -0.1) is 0 Å². The summed E-state index contributed by atoms with van der Waals surface area (Å²) in [7, 11) is -9.92. The van der Waals surface area contributed by atoms with Gasteiger partial charge in [-0.05, 0) is 31.6 Å². The van der Waals surface area contributed by atoms with Gasteiger partial charge in [-0.2, -0.15) is 0 Å². The normalized spacial score (nSPS) is 14.0. The van der Waals surface area contributed by atoms with E-state index in [1.54, 1.807) is 0 Å². The highest BCUT2D eigenvalue weighted by Gasteiger charge is 2.30. The van der Waals surface area contributed by atoms with Gasteiger partial charge in [0.05, 0.1) is 26.4 Å². The van der Waals surface area contributed by atoms with E-state index in [2.05, 4.69) is 34.6 Å². The molecule has 0 spiro atoms. The Morgan fingerprint density at radius 3 is 0.683 bits per heavy atom. The van der Waals surface area contributed by atoms with Crippen molar-refractivity contribution in [1.82, 2.24) is 0 Å². The third-order valence-corrected chi connectivity index (χ3v) is 22.3. The van der Waals surface area contributed by atoms with Crippen LogP contribution in [-0.2, 0) is 65.4 Å². The minimum Gasteiger partial charge on any atom is -0.462 e. The molecular weight excluding hydrogens is 1350 g/mol. The molecular formula is C85H166O17P2. The van der Waals surface area contributed by atoms with Gasteiger partial charge in [-0.25, -0.2) is 9.13 Å². The number of carbonyl (C=O) groups excluding carboxylic acids is 4. The second-order valence-electron chi connectivity index (χ2n) is 30.8. The predicted octanol–water partition coefficient (Wildman–Crippen LogP) is 26.0. The molecule has 0 aliphatic rings. The van der Waals surface area contributed by atoms with E-state index in [-0.39, 0.29) is 25.7 Å². The van der Waals surface area contributed by atoms with Crippen LogP contribution in [0, 0.1) is 5.92 Å². The molecule has 0 aromatic carbocycles. The largest absolute Gasteiger partial charge is 0.472 e. The Morgan fingerprint density at radius 1 is 0.269 bits per heavy atom. The molecule has 0 bridgehead atoms. The monoisotopic (exact) mass is 1520 g/mol. The number of esters is 4. The van der Waals surface area contributed by atoms with Crippen molar-refractivity contribution in [2.24, 2.45) is 5.92 Å². The summed E-state index contributed by atoms with van der Waals surface area (Å²) in [6.07, 6.45) is 70.9. The summed E-state index contributed by atoms with van der Waals surface area (Å²) in [5.41, 5.74) is 0. The molecule has 618 valence electrons. The highest BCUT2D eigenvalue weighted by molar-refractivity contribution is 7.47. The van der Waals surface area contributed by atoms with Crippen LogP contribution in [0.5, 0.6) is 0 Å². The van der Waals surface area contributed by atoms with E-state index in [4.69, 9.17) is 37.0 Å². The van der Waals surface area contributed by atoms with E-state index in [0.29, 0.717) is 25.7 Å².